The summed E-state index contributed by atoms with van der Waals surface area (Å²) >= 11 is 0. The Balaban J connectivity index is 0.00000507. The SMILES string of the molecule is CS(=O)(=O)CCNC(=O)c1nc(C(F)(F)F)n2c1CN(C(=O)C[C@H](N)Cc1cc(F)c(F)cc1F)CC2.Cl. The number of nitrogens with zero attached hydrogens (tertiary/aromatic N) is 3. The topological polar surface area (TPSA) is 127 Å². The minimum absolute atomic E-state index is 0. The van der Waals surface area contributed by atoms with Gasteiger partial charge in [-0.2, -0.15) is 13.2 Å². The zero-order chi connectivity index (χ0) is 27.7. The Kier molecular flexibility index (Phi) is 9.83. The van der Waals surface area contributed by atoms with Crippen molar-refractivity contribution in [1.29, 1.82) is 0 Å². The van der Waals surface area contributed by atoms with Crippen LogP contribution < -0.4 is 11.1 Å². The molecule has 0 unspecified atom stereocenters. The highest BCUT2D eigenvalue weighted by Crippen LogP contribution is 2.32. The molecule has 0 saturated carbocycles. The van der Waals surface area contributed by atoms with Gasteiger partial charge in [0.05, 0.1) is 18.0 Å². The van der Waals surface area contributed by atoms with E-state index in [1.54, 1.807) is 0 Å². The highest BCUT2D eigenvalue weighted by Gasteiger charge is 2.41. The first-order chi connectivity index (χ1) is 17.1. The third-order valence-electron chi connectivity index (χ3n) is 5.59. The van der Waals surface area contributed by atoms with Crippen LogP contribution in [0.1, 0.15) is 34.0 Å². The zero-order valence-corrected chi connectivity index (χ0v) is 21.5. The number of carbonyl (C=O) groups is 2. The number of fused-ring (bicyclic) bond motifs is 1. The molecule has 2 amide bonds. The van der Waals surface area contributed by atoms with Crippen LogP contribution in [-0.2, 0) is 40.3 Å². The second-order valence-corrected chi connectivity index (χ2v) is 10.9. The van der Waals surface area contributed by atoms with Gasteiger partial charge in [0.25, 0.3) is 5.91 Å². The van der Waals surface area contributed by atoms with Gasteiger partial charge in [0, 0.05) is 44.4 Å². The lowest BCUT2D eigenvalue weighted by Gasteiger charge is -2.30. The van der Waals surface area contributed by atoms with Gasteiger partial charge in [-0.25, -0.2) is 26.6 Å². The summed E-state index contributed by atoms with van der Waals surface area (Å²) in [5.74, 6) is -7.17. The first kappa shape index (κ1) is 31.4. The molecule has 9 nitrogen and oxygen atoms in total. The fourth-order valence-electron chi connectivity index (χ4n) is 3.84. The van der Waals surface area contributed by atoms with Crippen molar-refractivity contribution in [3.8, 4) is 0 Å². The second-order valence-electron chi connectivity index (χ2n) is 8.61. The minimum atomic E-state index is -4.90. The molecule has 1 aliphatic rings. The van der Waals surface area contributed by atoms with E-state index >= 15 is 0 Å². The molecule has 2 aromatic rings. The maximum atomic E-state index is 13.9. The molecule has 1 aromatic heterocycles. The Hall–Kier alpha value is -2.85. The van der Waals surface area contributed by atoms with E-state index in [2.05, 4.69) is 10.3 Å². The van der Waals surface area contributed by atoms with Crippen LogP contribution in [-0.4, -0.2) is 65.8 Å². The van der Waals surface area contributed by atoms with Gasteiger partial charge in [-0.15, -0.1) is 12.4 Å². The zero-order valence-electron chi connectivity index (χ0n) is 19.8. The molecule has 17 heteroatoms. The number of aromatic nitrogens is 2. The molecule has 38 heavy (non-hydrogen) atoms. The summed E-state index contributed by atoms with van der Waals surface area (Å²) in [6.45, 7) is -1.30. The highest BCUT2D eigenvalue weighted by molar-refractivity contribution is 7.90. The van der Waals surface area contributed by atoms with E-state index in [9.17, 15) is 44.3 Å². The molecule has 1 atom stereocenters. The van der Waals surface area contributed by atoms with Crippen LogP contribution >= 0.6 is 12.4 Å². The molecular formula is C21H24ClF6N5O4S. The molecule has 0 fully saturated rings. The second kappa shape index (κ2) is 11.9. The van der Waals surface area contributed by atoms with Crippen LogP contribution in [0.2, 0.25) is 0 Å². The summed E-state index contributed by atoms with van der Waals surface area (Å²) in [7, 11) is -3.45. The molecule has 1 aliphatic heterocycles. The van der Waals surface area contributed by atoms with Crippen molar-refractivity contribution in [2.45, 2.75) is 38.1 Å². The minimum Gasteiger partial charge on any atom is -0.350 e. The normalized spacial score (nSPS) is 14.5. The Bertz CT molecular complexity index is 1320. The van der Waals surface area contributed by atoms with Gasteiger partial charge in [-0.1, -0.05) is 0 Å². The van der Waals surface area contributed by atoms with E-state index in [1.165, 1.54) is 0 Å². The summed E-state index contributed by atoms with van der Waals surface area (Å²) in [5.41, 5.74) is 4.82. The highest BCUT2D eigenvalue weighted by atomic mass is 35.5. The van der Waals surface area contributed by atoms with Crippen molar-refractivity contribution in [3.05, 3.63) is 52.4 Å². The summed E-state index contributed by atoms with van der Waals surface area (Å²) in [6, 6.07) is -0.0451. The van der Waals surface area contributed by atoms with Crippen LogP contribution in [0.15, 0.2) is 12.1 Å². The van der Waals surface area contributed by atoms with E-state index in [0.717, 1.165) is 15.7 Å². The summed E-state index contributed by atoms with van der Waals surface area (Å²) in [6.07, 6.45) is -4.68. The van der Waals surface area contributed by atoms with Crippen LogP contribution in [0.25, 0.3) is 0 Å². The van der Waals surface area contributed by atoms with Gasteiger partial charge in [0.2, 0.25) is 11.7 Å². The predicted octanol–water partition coefficient (Wildman–Crippen LogP) is 1.82. The van der Waals surface area contributed by atoms with E-state index < -0.39 is 81.6 Å². The first-order valence-electron chi connectivity index (χ1n) is 10.9. The van der Waals surface area contributed by atoms with Crippen molar-refractivity contribution >= 4 is 34.1 Å². The number of hydrogen-bond donors (Lipinski definition) is 2. The van der Waals surface area contributed by atoms with E-state index in [1.807, 2.05) is 0 Å². The molecule has 0 radical (unpaired) electrons. The average molecular weight is 592 g/mol. The number of nitrogens with two attached hydrogens (primary N) is 1. The van der Waals surface area contributed by atoms with Gasteiger partial charge in [-0.05, 0) is 18.1 Å². The quantitative estimate of drug-likeness (QED) is 0.356. The smallest absolute Gasteiger partial charge is 0.350 e. The van der Waals surface area contributed by atoms with Crippen molar-refractivity contribution in [3.63, 3.8) is 0 Å². The van der Waals surface area contributed by atoms with Crippen LogP contribution in [0, 0.1) is 17.5 Å². The number of amides is 2. The lowest BCUT2D eigenvalue weighted by atomic mass is 10.0. The van der Waals surface area contributed by atoms with Crippen molar-refractivity contribution in [1.82, 2.24) is 19.8 Å². The molecule has 0 spiro atoms. The number of nitrogens with one attached hydrogen (secondary N) is 1. The number of rotatable bonds is 8. The third kappa shape index (κ3) is 7.60. The van der Waals surface area contributed by atoms with E-state index in [4.69, 9.17) is 5.73 Å². The van der Waals surface area contributed by atoms with Gasteiger partial charge < -0.3 is 20.5 Å². The van der Waals surface area contributed by atoms with Crippen molar-refractivity contribution in [2.75, 3.05) is 25.1 Å². The van der Waals surface area contributed by atoms with Crippen LogP contribution in [0.4, 0.5) is 26.3 Å². The number of hydrogen-bond acceptors (Lipinski definition) is 6. The van der Waals surface area contributed by atoms with Crippen LogP contribution in [0.3, 0.4) is 0 Å². The van der Waals surface area contributed by atoms with Crippen LogP contribution in [0.5, 0.6) is 0 Å². The van der Waals surface area contributed by atoms with Crippen molar-refractivity contribution < 1.29 is 44.3 Å². The molecule has 212 valence electrons. The van der Waals surface area contributed by atoms with Gasteiger partial charge in [0.1, 0.15) is 15.7 Å². The molecule has 0 bridgehead atoms. The molecule has 0 saturated heterocycles. The summed E-state index contributed by atoms with van der Waals surface area (Å²) in [4.78, 5) is 29.9. The van der Waals surface area contributed by atoms with Crippen molar-refractivity contribution in [2.24, 2.45) is 5.73 Å². The lowest BCUT2D eigenvalue weighted by molar-refractivity contribution is -0.148. The maximum absolute atomic E-state index is 13.9. The molecule has 0 aliphatic carbocycles. The number of halogens is 7. The molecule has 3 rings (SSSR count). The fourth-order valence-corrected chi connectivity index (χ4v) is 4.31. The number of alkyl halides is 3. The summed E-state index contributed by atoms with van der Waals surface area (Å²) < 4.78 is 104. The van der Waals surface area contributed by atoms with E-state index in [0.29, 0.717) is 12.1 Å². The number of sulfone groups is 1. The fraction of sp³-hybridized carbons (Fsp3) is 0.476. The molecular weight excluding hydrogens is 568 g/mol. The standard InChI is InChI=1S/C21H23F6N5O4S.ClH/c1-37(35,36)5-2-29-19(34)18-16-10-31(3-4-32(16)20(30-18)21(25,26)27)17(33)8-12(28)6-11-7-14(23)15(24)9-13(11)22;/h7,9,12H,2-6,8,10,28H2,1H3,(H,29,34);1H/t12-;/m1./s1. The Labute approximate surface area is 219 Å². The largest absolute Gasteiger partial charge is 0.449 e. The monoisotopic (exact) mass is 591 g/mol. The summed E-state index contributed by atoms with van der Waals surface area (Å²) in [5, 5.41) is 2.21. The number of carbonyl (C=O) groups excluding carboxylic acids is 2. The number of imidazole rings is 1. The van der Waals surface area contributed by atoms with Gasteiger partial charge in [0.15, 0.2) is 17.3 Å². The third-order valence-corrected chi connectivity index (χ3v) is 6.54. The lowest BCUT2D eigenvalue weighted by Crippen LogP contribution is -2.42. The van der Waals surface area contributed by atoms with Gasteiger partial charge >= 0.3 is 6.18 Å². The Morgan fingerprint density at radius 2 is 1.76 bits per heavy atom. The molecule has 3 N–H and O–H groups in total. The number of benzene rings is 1. The average Bonchev–Trinajstić information content (AvgIpc) is 3.16. The van der Waals surface area contributed by atoms with E-state index in [-0.39, 0.29) is 49.7 Å². The predicted molar refractivity (Wildman–Crippen MR) is 125 cm³/mol. The van der Waals surface area contributed by atoms with Gasteiger partial charge in [-0.3, -0.25) is 9.59 Å². The first-order valence-corrected chi connectivity index (χ1v) is 12.9. The maximum Gasteiger partial charge on any atom is 0.449 e. The molecule has 1 aromatic carbocycles. The Morgan fingerprint density at radius 1 is 1.13 bits per heavy atom. The molecule has 2 heterocycles. The Morgan fingerprint density at radius 3 is 2.37 bits per heavy atom.